The van der Waals surface area contributed by atoms with Crippen molar-refractivity contribution in [3.63, 3.8) is 0 Å². The van der Waals surface area contributed by atoms with Gasteiger partial charge in [0.25, 0.3) is 5.91 Å². The maximum Gasteiger partial charge on any atom is 0.343 e. The Morgan fingerprint density at radius 3 is 2.18 bits per heavy atom. The van der Waals surface area contributed by atoms with E-state index in [1.54, 1.807) is 31.2 Å². The molecule has 1 amide bonds. The minimum atomic E-state index is -0.646. The molecule has 0 aliphatic heterocycles. The third-order valence-corrected chi connectivity index (χ3v) is 5.23. The van der Waals surface area contributed by atoms with E-state index in [1.165, 1.54) is 39.7 Å². The van der Waals surface area contributed by atoms with Crippen molar-refractivity contribution in [2.45, 2.75) is 13.8 Å². The number of amides is 1. The van der Waals surface area contributed by atoms with E-state index in [-0.39, 0.29) is 17.9 Å². The van der Waals surface area contributed by atoms with Gasteiger partial charge in [-0.25, -0.2) is 10.2 Å². The van der Waals surface area contributed by atoms with Gasteiger partial charge in [0.2, 0.25) is 5.75 Å². The summed E-state index contributed by atoms with van der Waals surface area (Å²) in [6.45, 7) is 3.86. The Bertz CT molecular complexity index is 1280. The van der Waals surface area contributed by atoms with E-state index in [4.69, 9.17) is 28.4 Å². The number of nitrogens with one attached hydrogen (secondary N) is 1. The predicted molar refractivity (Wildman–Crippen MR) is 141 cm³/mol. The molecule has 0 atom stereocenters. The summed E-state index contributed by atoms with van der Waals surface area (Å²) in [5, 5.41) is 3.96. The van der Waals surface area contributed by atoms with Crippen LogP contribution < -0.4 is 33.8 Å². The largest absolute Gasteiger partial charge is 0.493 e. The first-order chi connectivity index (χ1) is 18.4. The number of rotatable bonds is 12. The molecule has 3 aromatic carbocycles. The Kier molecular flexibility index (Phi) is 9.93. The summed E-state index contributed by atoms with van der Waals surface area (Å²) < 4.78 is 32.7. The summed E-state index contributed by atoms with van der Waals surface area (Å²) >= 11 is 0. The third-order valence-electron chi connectivity index (χ3n) is 5.23. The lowest BCUT2D eigenvalue weighted by Gasteiger charge is -2.15. The normalized spacial score (nSPS) is 10.6. The molecule has 3 rings (SSSR count). The highest BCUT2D eigenvalue weighted by Gasteiger charge is 2.20. The number of aryl methyl sites for hydroxylation is 1. The molecular formula is C28H30N2O8. The van der Waals surface area contributed by atoms with Gasteiger partial charge in [0.15, 0.2) is 29.6 Å². The maximum atomic E-state index is 12.9. The first-order valence-corrected chi connectivity index (χ1v) is 11.7. The number of para-hydroxylation sites is 1. The molecular weight excluding hydrogens is 492 g/mol. The zero-order chi connectivity index (χ0) is 27.5. The highest BCUT2D eigenvalue weighted by molar-refractivity contribution is 5.93. The van der Waals surface area contributed by atoms with Crippen LogP contribution >= 0.6 is 0 Å². The smallest absolute Gasteiger partial charge is 0.343 e. The number of nitrogens with zero attached hydrogens (tertiary/aromatic N) is 1. The molecule has 1 N–H and O–H groups in total. The van der Waals surface area contributed by atoms with Crippen molar-refractivity contribution in [3.8, 4) is 34.5 Å². The number of hydrazone groups is 1. The average Bonchev–Trinajstić information content (AvgIpc) is 2.93. The zero-order valence-electron chi connectivity index (χ0n) is 21.9. The minimum Gasteiger partial charge on any atom is -0.493 e. The standard InChI is InChI=1S/C28H30N2O8/c1-6-36-23-13-19(16-29-30-26(31)17-37-21-10-8-7-9-18(21)2)11-12-22(23)38-28(32)20-14-24(33-3)27(35-5)25(15-20)34-4/h7-16H,6,17H2,1-5H3,(H,30,31). The Morgan fingerprint density at radius 2 is 1.55 bits per heavy atom. The lowest BCUT2D eigenvalue weighted by atomic mass is 10.1. The van der Waals surface area contributed by atoms with Gasteiger partial charge in [-0.3, -0.25) is 4.79 Å². The molecule has 0 spiro atoms. The fraction of sp³-hybridized carbons (Fsp3) is 0.250. The molecule has 0 saturated carbocycles. The van der Waals surface area contributed by atoms with E-state index in [0.717, 1.165) is 5.56 Å². The number of esters is 1. The average molecular weight is 523 g/mol. The number of carbonyl (C=O) groups is 2. The van der Waals surface area contributed by atoms with Crippen LogP contribution in [-0.4, -0.2) is 52.6 Å². The molecule has 38 heavy (non-hydrogen) atoms. The molecule has 0 aliphatic carbocycles. The van der Waals surface area contributed by atoms with E-state index in [0.29, 0.717) is 40.9 Å². The zero-order valence-corrected chi connectivity index (χ0v) is 21.9. The van der Waals surface area contributed by atoms with Crippen LogP contribution in [0.1, 0.15) is 28.4 Å². The lowest BCUT2D eigenvalue weighted by Crippen LogP contribution is -2.24. The van der Waals surface area contributed by atoms with Gasteiger partial charge in [0.1, 0.15) is 5.75 Å². The fourth-order valence-electron chi connectivity index (χ4n) is 3.39. The number of hydrogen-bond donors (Lipinski definition) is 1. The van der Waals surface area contributed by atoms with E-state index < -0.39 is 11.9 Å². The Morgan fingerprint density at radius 1 is 0.842 bits per heavy atom. The van der Waals surface area contributed by atoms with Gasteiger partial charge in [-0.2, -0.15) is 5.10 Å². The van der Waals surface area contributed by atoms with E-state index in [1.807, 2.05) is 25.1 Å². The number of carbonyl (C=O) groups excluding carboxylic acids is 2. The van der Waals surface area contributed by atoms with Crippen molar-refractivity contribution in [3.05, 3.63) is 71.3 Å². The second kappa shape index (κ2) is 13.5. The summed E-state index contributed by atoms with van der Waals surface area (Å²) in [6.07, 6.45) is 1.44. The molecule has 10 nitrogen and oxygen atoms in total. The molecule has 0 aromatic heterocycles. The molecule has 0 heterocycles. The fourth-order valence-corrected chi connectivity index (χ4v) is 3.39. The molecule has 3 aromatic rings. The van der Waals surface area contributed by atoms with Crippen LogP contribution in [0.5, 0.6) is 34.5 Å². The summed E-state index contributed by atoms with van der Waals surface area (Å²) in [5.41, 5.74) is 4.16. The maximum absolute atomic E-state index is 12.9. The summed E-state index contributed by atoms with van der Waals surface area (Å²) in [7, 11) is 4.39. The van der Waals surface area contributed by atoms with Crippen molar-refractivity contribution >= 4 is 18.1 Å². The highest BCUT2D eigenvalue weighted by Crippen LogP contribution is 2.39. The molecule has 0 unspecified atom stereocenters. The van der Waals surface area contributed by atoms with Gasteiger partial charge >= 0.3 is 5.97 Å². The van der Waals surface area contributed by atoms with Crippen molar-refractivity contribution in [2.24, 2.45) is 5.10 Å². The van der Waals surface area contributed by atoms with Crippen LogP contribution in [0.25, 0.3) is 0 Å². The van der Waals surface area contributed by atoms with Crippen LogP contribution in [0.3, 0.4) is 0 Å². The second-order valence-electron chi connectivity index (χ2n) is 7.79. The van der Waals surface area contributed by atoms with Gasteiger partial charge in [-0.15, -0.1) is 0 Å². The van der Waals surface area contributed by atoms with Crippen molar-refractivity contribution < 1.29 is 38.0 Å². The summed E-state index contributed by atoms with van der Waals surface area (Å²) in [5.74, 6) is 1.11. The summed E-state index contributed by atoms with van der Waals surface area (Å²) in [4.78, 5) is 25.0. The van der Waals surface area contributed by atoms with Gasteiger partial charge in [0, 0.05) is 0 Å². The Balaban J connectivity index is 1.68. The monoisotopic (exact) mass is 522 g/mol. The van der Waals surface area contributed by atoms with Crippen molar-refractivity contribution in [2.75, 3.05) is 34.5 Å². The molecule has 0 aliphatic rings. The molecule has 0 bridgehead atoms. The van der Waals surface area contributed by atoms with Gasteiger partial charge in [-0.05, 0) is 61.4 Å². The molecule has 0 fully saturated rings. The quantitative estimate of drug-likeness (QED) is 0.163. The highest BCUT2D eigenvalue weighted by atomic mass is 16.6. The Labute approximate surface area is 221 Å². The number of ether oxygens (including phenoxy) is 6. The van der Waals surface area contributed by atoms with Gasteiger partial charge < -0.3 is 28.4 Å². The van der Waals surface area contributed by atoms with Crippen LogP contribution in [0.2, 0.25) is 0 Å². The van der Waals surface area contributed by atoms with Gasteiger partial charge in [-0.1, -0.05) is 18.2 Å². The molecule has 200 valence electrons. The third kappa shape index (κ3) is 7.16. The SMILES string of the molecule is CCOc1cc(C=NNC(=O)COc2ccccc2C)ccc1OC(=O)c1cc(OC)c(OC)c(OC)c1. The van der Waals surface area contributed by atoms with E-state index >= 15 is 0 Å². The number of benzene rings is 3. The first-order valence-electron chi connectivity index (χ1n) is 11.7. The molecule has 0 radical (unpaired) electrons. The van der Waals surface area contributed by atoms with Crippen LogP contribution in [-0.2, 0) is 4.79 Å². The van der Waals surface area contributed by atoms with E-state index in [9.17, 15) is 9.59 Å². The van der Waals surface area contributed by atoms with Crippen LogP contribution in [0, 0.1) is 6.92 Å². The van der Waals surface area contributed by atoms with Crippen molar-refractivity contribution in [1.82, 2.24) is 5.43 Å². The number of hydrogen-bond acceptors (Lipinski definition) is 9. The number of methoxy groups -OCH3 is 3. The topological polar surface area (TPSA) is 114 Å². The predicted octanol–water partition coefficient (Wildman–Crippen LogP) is 4.17. The van der Waals surface area contributed by atoms with Gasteiger partial charge in [0.05, 0.1) is 39.7 Å². The van der Waals surface area contributed by atoms with E-state index in [2.05, 4.69) is 10.5 Å². The molecule has 10 heteroatoms. The second-order valence-corrected chi connectivity index (χ2v) is 7.79. The van der Waals surface area contributed by atoms with Crippen LogP contribution in [0.4, 0.5) is 0 Å². The molecule has 0 saturated heterocycles. The van der Waals surface area contributed by atoms with Crippen LogP contribution in [0.15, 0.2) is 59.7 Å². The van der Waals surface area contributed by atoms with Crippen molar-refractivity contribution in [1.29, 1.82) is 0 Å². The Hall–Kier alpha value is -4.73. The summed E-state index contributed by atoms with van der Waals surface area (Å²) in [6, 6.07) is 15.3. The minimum absolute atomic E-state index is 0.178. The lowest BCUT2D eigenvalue weighted by molar-refractivity contribution is -0.123. The first kappa shape index (κ1) is 27.9.